The fourth-order valence-electron chi connectivity index (χ4n) is 4.58. The Morgan fingerprint density at radius 3 is 2.83 bits per heavy atom. The molecule has 0 aliphatic carbocycles. The number of hydrogen-bond acceptors (Lipinski definition) is 10. The molecule has 4 N–H and O–H groups in total. The summed E-state index contributed by atoms with van der Waals surface area (Å²) in [6.07, 6.45) is 9.20. The molecule has 1 aromatic heterocycles. The second-order valence-corrected chi connectivity index (χ2v) is 12.0. The van der Waals surface area contributed by atoms with E-state index in [1.807, 2.05) is 41.4 Å². The number of nitrogens with zero attached hydrogens (tertiary/aromatic N) is 4. The molecule has 41 heavy (non-hydrogen) atoms. The first kappa shape index (κ1) is 28.3. The van der Waals surface area contributed by atoms with E-state index in [1.54, 1.807) is 30.8 Å². The third kappa shape index (κ3) is 7.12. The molecule has 0 unspecified atom stereocenters. The van der Waals surface area contributed by atoms with Crippen LogP contribution < -0.4 is 20.9 Å². The fraction of sp³-hybridized carbons (Fsp3) is 0.286. The minimum Gasteiger partial charge on any atom is -0.370 e. The highest BCUT2D eigenvalue weighted by Crippen LogP contribution is 2.33. The predicted octanol–water partition coefficient (Wildman–Crippen LogP) is 2.73. The summed E-state index contributed by atoms with van der Waals surface area (Å²) >= 11 is 0. The molecule has 2 aliphatic heterocycles. The van der Waals surface area contributed by atoms with E-state index in [-0.39, 0.29) is 11.6 Å². The molecule has 13 heteroatoms. The van der Waals surface area contributed by atoms with Gasteiger partial charge in [0.25, 0.3) is 0 Å². The van der Waals surface area contributed by atoms with Crippen LogP contribution in [0, 0.1) is 5.82 Å². The van der Waals surface area contributed by atoms with Crippen LogP contribution in [0.15, 0.2) is 88.8 Å². The van der Waals surface area contributed by atoms with Crippen LogP contribution in [0.3, 0.4) is 0 Å². The van der Waals surface area contributed by atoms with Crippen LogP contribution >= 0.6 is 0 Å². The highest BCUT2D eigenvalue weighted by molar-refractivity contribution is 7.90. The molecule has 2 aromatic carbocycles. The van der Waals surface area contributed by atoms with Gasteiger partial charge in [-0.25, -0.2) is 22.9 Å². The van der Waals surface area contributed by atoms with Gasteiger partial charge in [-0.15, -0.1) is 0 Å². The van der Waals surface area contributed by atoms with Crippen molar-refractivity contribution in [2.24, 2.45) is 4.99 Å². The highest BCUT2D eigenvalue weighted by Gasteiger charge is 2.26. The Balaban J connectivity index is 1.42. The van der Waals surface area contributed by atoms with Crippen LogP contribution in [0.2, 0.25) is 0 Å². The zero-order chi connectivity index (χ0) is 28.8. The van der Waals surface area contributed by atoms with Crippen molar-refractivity contribution in [3.63, 3.8) is 0 Å². The molecule has 3 aromatic rings. The van der Waals surface area contributed by atoms with Crippen molar-refractivity contribution in [3.05, 3.63) is 95.2 Å². The molecule has 2 aliphatic rings. The molecule has 216 valence electrons. The summed E-state index contributed by atoms with van der Waals surface area (Å²) in [4.78, 5) is 12.4. The number of H-pyrrole nitrogens is 1. The van der Waals surface area contributed by atoms with Gasteiger partial charge in [0.15, 0.2) is 0 Å². The minimum absolute atomic E-state index is 0.112. The first-order chi connectivity index (χ1) is 19.8. The Hall–Kier alpha value is -4.20. The smallest absolute Gasteiger partial charge is 0.148 e. The Bertz CT molecular complexity index is 1630. The number of benzene rings is 2. The summed E-state index contributed by atoms with van der Waals surface area (Å²) in [6, 6.07) is 12.5. The number of allylic oxidation sites excluding steroid dienone is 1. The molecule has 11 nitrogen and oxygen atoms in total. The second-order valence-electron chi connectivity index (χ2n) is 9.74. The number of hydroxylamine groups is 2. The van der Waals surface area contributed by atoms with Gasteiger partial charge >= 0.3 is 0 Å². The average Bonchev–Trinajstić information content (AvgIpc) is 3.42. The van der Waals surface area contributed by atoms with Gasteiger partial charge in [-0.1, -0.05) is 12.1 Å². The molecule has 0 radical (unpaired) electrons. The summed E-state index contributed by atoms with van der Waals surface area (Å²) in [5.74, 6) is 1.21. The van der Waals surface area contributed by atoms with Crippen molar-refractivity contribution in [3.8, 4) is 0 Å². The van der Waals surface area contributed by atoms with Gasteiger partial charge in [0, 0.05) is 42.5 Å². The molecular weight excluding hydrogens is 547 g/mol. The van der Waals surface area contributed by atoms with Crippen molar-refractivity contribution in [1.82, 2.24) is 31.2 Å². The number of rotatable bonds is 13. The first-order valence-electron chi connectivity index (χ1n) is 13.2. The number of halogens is 1. The minimum atomic E-state index is -2.99. The standard InChI is InChI=1S/C28H33FN8O3S/c1-40-37-18-26-24(15-27(37)31-10-4-9-30-11-12-41(2,38)39)28(33-19-32-26)36(17-20-5-3-6-22(29)13-20)23-7-8-25-21(14-23)16-34-35-25/h3,5-8,13-16,18-19,30-31H,4,9-12,17H2,1-2H3,(H,32,33)(H,34,35). The lowest BCUT2D eigenvalue weighted by Gasteiger charge is -2.33. The quantitative estimate of drug-likeness (QED) is 0.226. The van der Waals surface area contributed by atoms with Gasteiger partial charge in [0.2, 0.25) is 0 Å². The number of aliphatic imine (C=N–C) groups is 1. The molecule has 0 fully saturated rings. The monoisotopic (exact) mass is 580 g/mol. The van der Waals surface area contributed by atoms with Crippen LogP contribution in [0.1, 0.15) is 12.0 Å². The Labute approximate surface area is 238 Å². The van der Waals surface area contributed by atoms with Crippen molar-refractivity contribution in [1.29, 1.82) is 0 Å². The molecule has 0 atom stereocenters. The average molecular weight is 581 g/mol. The maximum atomic E-state index is 14.1. The van der Waals surface area contributed by atoms with Gasteiger partial charge < -0.3 is 20.9 Å². The summed E-state index contributed by atoms with van der Waals surface area (Å²) < 4.78 is 36.8. The summed E-state index contributed by atoms with van der Waals surface area (Å²) in [5, 5.41) is 19.5. The fourth-order valence-corrected chi connectivity index (χ4v) is 5.09. The largest absolute Gasteiger partial charge is 0.370 e. The van der Waals surface area contributed by atoms with Crippen LogP contribution in [0.5, 0.6) is 0 Å². The van der Waals surface area contributed by atoms with Gasteiger partial charge in [-0.3, -0.25) is 9.94 Å². The van der Waals surface area contributed by atoms with Crippen LogP contribution in [-0.4, -0.2) is 68.8 Å². The van der Waals surface area contributed by atoms with E-state index in [1.165, 1.54) is 18.4 Å². The molecule has 0 spiro atoms. The van der Waals surface area contributed by atoms with E-state index in [9.17, 15) is 12.8 Å². The van der Waals surface area contributed by atoms with Crippen LogP contribution in [-0.2, 0) is 21.2 Å². The molecule has 0 amide bonds. The van der Waals surface area contributed by atoms with E-state index in [0.717, 1.165) is 45.7 Å². The van der Waals surface area contributed by atoms with Crippen molar-refractivity contribution < 1.29 is 17.6 Å². The van der Waals surface area contributed by atoms with Gasteiger partial charge in [0.1, 0.15) is 27.3 Å². The Kier molecular flexibility index (Phi) is 8.67. The van der Waals surface area contributed by atoms with Crippen molar-refractivity contribution in [2.75, 3.05) is 43.7 Å². The van der Waals surface area contributed by atoms with E-state index in [4.69, 9.17) is 9.83 Å². The van der Waals surface area contributed by atoms with Gasteiger partial charge in [-0.05, 0) is 54.9 Å². The Morgan fingerprint density at radius 1 is 1.15 bits per heavy atom. The zero-order valence-electron chi connectivity index (χ0n) is 22.9. The third-order valence-corrected chi connectivity index (χ3v) is 7.55. The maximum Gasteiger partial charge on any atom is 0.148 e. The number of aromatic amines is 1. The lowest BCUT2D eigenvalue weighted by Crippen LogP contribution is -2.36. The number of nitrogens with one attached hydrogen (secondary N) is 4. The van der Waals surface area contributed by atoms with E-state index in [2.05, 4.69) is 26.1 Å². The second kappa shape index (κ2) is 12.5. The third-order valence-electron chi connectivity index (χ3n) is 6.61. The van der Waals surface area contributed by atoms with Crippen LogP contribution in [0.4, 0.5) is 10.1 Å². The van der Waals surface area contributed by atoms with Gasteiger partial charge in [0.05, 0.1) is 42.8 Å². The normalized spacial score (nSPS) is 15.0. The molecule has 5 rings (SSSR count). The summed E-state index contributed by atoms with van der Waals surface area (Å²) in [5.41, 5.74) is 4.21. The number of sulfone groups is 1. The molecular formula is C28H33FN8O3S. The summed E-state index contributed by atoms with van der Waals surface area (Å²) in [6.45, 7) is 2.10. The zero-order valence-corrected chi connectivity index (χ0v) is 23.7. The lowest BCUT2D eigenvalue weighted by molar-refractivity contribution is -0.0641. The highest BCUT2D eigenvalue weighted by atomic mass is 32.2. The number of hydrogen-bond donors (Lipinski definition) is 4. The molecule has 3 heterocycles. The van der Waals surface area contributed by atoms with E-state index in [0.29, 0.717) is 32.0 Å². The topological polar surface area (TPSA) is 127 Å². The van der Waals surface area contributed by atoms with Crippen molar-refractivity contribution in [2.45, 2.75) is 13.0 Å². The van der Waals surface area contributed by atoms with E-state index < -0.39 is 9.84 Å². The lowest BCUT2D eigenvalue weighted by atomic mass is 10.1. The van der Waals surface area contributed by atoms with Gasteiger partial charge in [-0.2, -0.15) is 5.10 Å². The summed E-state index contributed by atoms with van der Waals surface area (Å²) in [7, 11) is -1.40. The molecule has 0 saturated carbocycles. The predicted molar refractivity (Wildman–Crippen MR) is 158 cm³/mol. The van der Waals surface area contributed by atoms with Crippen LogP contribution in [0.25, 0.3) is 10.9 Å². The molecule has 0 saturated heterocycles. The maximum absolute atomic E-state index is 14.1. The number of aromatic nitrogens is 2. The number of anilines is 1. The Morgan fingerprint density at radius 2 is 2.02 bits per heavy atom. The number of fused-ring (bicyclic) bond motifs is 2. The van der Waals surface area contributed by atoms with Crippen molar-refractivity contribution >= 4 is 32.8 Å². The SMILES string of the molecule is CON1C=C2NC=NC(N(Cc3cccc(F)c3)c3ccc4[nH]ncc4c3)=C2C=C1NCCCNCCS(C)(=O)=O. The first-order valence-corrected chi connectivity index (χ1v) is 15.2. The molecule has 0 bridgehead atoms. The van der Waals surface area contributed by atoms with E-state index >= 15 is 0 Å².